The summed E-state index contributed by atoms with van der Waals surface area (Å²) in [6.07, 6.45) is 2.59. The maximum absolute atomic E-state index is 12.6. The number of aryl methyl sites for hydroxylation is 1. The molecule has 7 nitrogen and oxygen atoms in total. The quantitative estimate of drug-likeness (QED) is 0.814. The third-order valence-corrected chi connectivity index (χ3v) is 6.57. The summed E-state index contributed by atoms with van der Waals surface area (Å²) in [5.74, 6) is 0. The molecule has 2 aliphatic rings. The number of imidazole rings is 1. The molecule has 164 valence electrons. The fourth-order valence-corrected chi connectivity index (χ4v) is 4.96. The van der Waals surface area contributed by atoms with Crippen LogP contribution < -0.4 is 5.69 Å². The Morgan fingerprint density at radius 2 is 1.90 bits per heavy atom. The second-order valence-electron chi connectivity index (χ2n) is 10.2. The number of amides is 1. The van der Waals surface area contributed by atoms with E-state index in [4.69, 9.17) is 4.74 Å². The zero-order chi connectivity index (χ0) is 21.7. The molecule has 1 unspecified atom stereocenters. The largest absolute Gasteiger partial charge is 0.444 e. The molecule has 0 aliphatic carbocycles. The van der Waals surface area contributed by atoms with Crippen LogP contribution in [0.3, 0.4) is 0 Å². The Labute approximate surface area is 178 Å². The highest BCUT2D eigenvalue weighted by molar-refractivity contribution is 5.76. The highest BCUT2D eigenvalue weighted by Gasteiger charge is 2.43. The van der Waals surface area contributed by atoms with Gasteiger partial charge in [-0.05, 0) is 71.6 Å². The lowest BCUT2D eigenvalue weighted by Gasteiger charge is -2.43. The monoisotopic (exact) mass is 414 g/mol. The second kappa shape index (κ2) is 7.45. The molecule has 2 aliphatic heterocycles. The van der Waals surface area contributed by atoms with Gasteiger partial charge < -0.3 is 14.6 Å². The molecule has 2 aromatic rings. The average Bonchev–Trinajstić information content (AvgIpc) is 3.21. The molecule has 1 atom stereocenters. The van der Waals surface area contributed by atoms with E-state index in [1.165, 1.54) is 0 Å². The van der Waals surface area contributed by atoms with Crippen molar-refractivity contribution in [2.75, 3.05) is 26.2 Å². The van der Waals surface area contributed by atoms with Gasteiger partial charge in [0.05, 0.1) is 11.0 Å². The first-order valence-corrected chi connectivity index (χ1v) is 11.0. The summed E-state index contributed by atoms with van der Waals surface area (Å²) < 4.78 is 7.50. The van der Waals surface area contributed by atoms with Crippen molar-refractivity contribution in [3.8, 4) is 0 Å². The molecule has 0 saturated carbocycles. The van der Waals surface area contributed by atoms with Crippen molar-refractivity contribution >= 4 is 17.1 Å². The fourth-order valence-electron chi connectivity index (χ4n) is 4.96. The minimum Gasteiger partial charge on any atom is -0.444 e. The summed E-state index contributed by atoms with van der Waals surface area (Å²) in [6, 6.07) is 6.35. The molecule has 0 radical (unpaired) electrons. The number of carbonyl (C=O) groups is 1. The van der Waals surface area contributed by atoms with Gasteiger partial charge in [0.15, 0.2) is 0 Å². The van der Waals surface area contributed by atoms with Crippen molar-refractivity contribution in [2.24, 2.45) is 0 Å². The number of H-pyrrole nitrogens is 1. The van der Waals surface area contributed by atoms with Gasteiger partial charge in [0.25, 0.3) is 0 Å². The summed E-state index contributed by atoms with van der Waals surface area (Å²) in [7, 11) is 0. The zero-order valence-corrected chi connectivity index (χ0v) is 18.8. The minimum atomic E-state index is -0.473. The molecule has 1 aromatic carbocycles. The number of rotatable bonds is 2. The van der Waals surface area contributed by atoms with Crippen molar-refractivity contribution in [3.05, 3.63) is 34.2 Å². The third kappa shape index (κ3) is 4.00. The van der Waals surface area contributed by atoms with Crippen LogP contribution in [0.1, 0.15) is 58.6 Å². The number of carbonyl (C=O) groups excluding carboxylic acids is 1. The molecule has 1 amide bonds. The maximum atomic E-state index is 12.6. The highest BCUT2D eigenvalue weighted by atomic mass is 16.6. The van der Waals surface area contributed by atoms with Crippen LogP contribution in [0.25, 0.3) is 11.0 Å². The number of hydrogen-bond acceptors (Lipinski definition) is 4. The molecule has 3 heterocycles. The Kier molecular flexibility index (Phi) is 5.21. The first-order chi connectivity index (χ1) is 14.1. The van der Waals surface area contributed by atoms with Crippen LogP contribution in [0.2, 0.25) is 0 Å². The van der Waals surface area contributed by atoms with E-state index in [1.54, 1.807) is 0 Å². The second-order valence-corrected chi connectivity index (χ2v) is 10.2. The van der Waals surface area contributed by atoms with Crippen molar-refractivity contribution in [3.63, 3.8) is 0 Å². The Bertz CT molecular complexity index is 994. The summed E-state index contributed by atoms with van der Waals surface area (Å²) in [6.45, 7) is 13.3. The number of benzene rings is 1. The van der Waals surface area contributed by atoms with E-state index in [9.17, 15) is 9.59 Å². The van der Waals surface area contributed by atoms with Gasteiger partial charge in [0.2, 0.25) is 0 Å². The summed E-state index contributed by atoms with van der Waals surface area (Å²) in [5, 5.41) is 0. The lowest BCUT2D eigenvalue weighted by molar-refractivity contribution is 0.0221. The maximum Gasteiger partial charge on any atom is 0.410 e. The van der Waals surface area contributed by atoms with Crippen LogP contribution in [0.15, 0.2) is 23.0 Å². The lowest BCUT2D eigenvalue weighted by atomic mass is 9.93. The van der Waals surface area contributed by atoms with E-state index in [-0.39, 0.29) is 23.4 Å². The Balaban J connectivity index is 1.42. The van der Waals surface area contributed by atoms with Crippen LogP contribution in [0.5, 0.6) is 0 Å². The molecule has 1 N–H and O–H groups in total. The molecule has 2 saturated heterocycles. The number of ether oxygens (including phenoxy) is 1. The molecule has 4 rings (SSSR count). The van der Waals surface area contributed by atoms with Crippen LogP contribution in [0, 0.1) is 6.92 Å². The van der Waals surface area contributed by atoms with Gasteiger partial charge in [0.1, 0.15) is 5.60 Å². The summed E-state index contributed by atoms with van der Waals surface area (Å²) in [5.41, 5.74) is 2.53. The molecular formula is C23H34N4O3. The third-order valence-electron chi connectivity index (χ3n) is 6.57. The zero-order valence-electron chi connectivity index (χ0n) is 18.8. The molecule has 0 bridgehead atoms. The van der Waals surface area contributed by atoms with Crippen molar-refractivity contribution in [2.45, 2.75) is 71.1 Å². The number of aromatic nitrogens is 2. The predicted octanol–water partition coefficient (Wildman–Crippen LogP) is 3.67. The SMILES string of the molecule is Cc1ccc2c(c1)[nH]c(=O)n2C1CCN(C2(C)CCN(C(=O)OC(C)(C)C)C2)CC1. The Morgan fingerprint density at radius 1 is 1.20 bits per heavy atom. The van der Waals surface area contributed by atoms with E-state index in [2.05, 4.69) is 22.9 Å². The van der Waals surface area contributed by atoms with Gasteiger partial charge in [-0.2, -0.15) is 0 Å². The highest BCUT2D eigenvalue weighted by Crippen LogP contribution is 2.34. The van der Waals surface area contributed by atoms with Gasteiger partial charge in [-0.1, -0.05) is 6.07 Å². The molecule has 2 fully saturated rings. The molecular weight excluding hydrogens is 380 g/mol. The van der Waals surface area contributed by atoms with E-state index in [1.807, 2.05) is 49.3 Å². The number of hydrogen-bond donors (Lipinski definition) is 1. The van der Waals surface area contributed by atoms with E-state index in [0.717, 1.165) is 55.5 Å². The minimum absolute atomic E-state index is 0.0165. The smallest absolute Gasteiger partial charge is 0.410 e. The Hall–Kier alpha value is -2.28. The normalized spacial score (nSPS) is 24.0. The summed E-state index contributed by atoms with van der Waals surface area (Å²) >= 11 is 0. The fraction of sp³-hybridized carbons (Fsp3) is 0.652. The standard InChI is InChI=1S/C23H34N4O3/c1-16-6-7-19-18(14-16)24-20(28)27(19)17-8-11-26(12-9-17)23(5)10-13-25(15-23)21(29)30-22(2,3)4/h6-7,14,17H,8-13,15H2,1-5H3,(H,24,28). The molecule has 0 spiro atoms. The number of likely N-dealkylation sites (tertiary alicyclic amines) is 2. The predicted molar refractivity (Wildman–Crippen MR) is 118 cm³/mol. The van der Waals surface area contributed by atoms with Crippen LogP contribution in [-0.4, -0.2) is 62.8 Å². The van der Waals surface area contributed by atoms with E-state index >= 15 is 0 Å². The number of piperidine rings is 1. The van der Waals surface area contributed by atoms with Crippen LogP contribution in [-0.2, 0) is 4.74 Å². The number of aromatic amines is 1. The molecule has 1 aromatic heterocycles. The van der Waals surface area contributed by atoms with Crippen molar-refractivity contribution in [1.82, 2.24) is 19.4 Å². The number of nitrogens with one attached hydrogen (secondary N) is 1. The molecule has 30 heavy (non-hydrogen) atoms. The van der Waals surface area contributed by atoms with Gasteiger partial charge in [-0.15, -0.1) is 0 Å². The number of fused-ring (bicyclic) bond motifs is 1. The van der Waals surface area contributed by atoms with Crippen LogP contribution >= 0.6 is 0 Å². The van der Waals surface area contributed by atoms with Gasteiger partial charge in [0, 0.05) is 37.8 Å². The van der Waals surface area contributed by atoms with Crippen LogP contribution in [0.4, 0.5) is 4.79 Å². The first kappa shape index (κ1) is 21.0. The van der Waals surface area contributed by atoms with Gasteiger partial charge >= 0.3 is 11.8 Å². The van der Waals surface area contributed by atoms with Crippen molar-refractivity contribution < 1.29 is 9.53 Å². The topological polar surface area (TPSA) is 70.6 Å². The summed E-state index contributed by atoms with van der Waals surface area (Å²) in [4.78, 5) is 32.4. The van der Waals surface area contributed by atoms with Gasteiger partial charge in [-0.25, -0.2) is 9.59 Å². The Morgan fingerprint density at radius 3 is 2.57 bits per heavy atom. The van der Waals surface area contributed by atoms with E-state index in [0.29, 0.717) is 6.54 Å². The number of nitrogens with zero attached hydrogens (tertiary/aromatic N) is 3. The van der Waals surface area contributed by atoms with E-state index < -0.39 is 5.60 Å². The average molecular weight is 415 g/mol. The first-order valence-electron chi connectivity index (χ1n) is 11.0. The van der Waals surface area contributed by atoms with Gasteiger partial charge in [-0.3, -0.25) is 9.47 Å². The molecule has 7 heteroatoms. The van der Waals surface area contributed by atoms with Crippen molar-refractivity contribution in [1.29, 1.82) is 0 Å². The lowest BCUT2D eigenvalue weighted by Crippen LogP contribution is -2.52.